The van der Waals surface area contributed by atoms with E-state index in [1.165, 1.54) is 0 Å². The molecule has 1 fully saturated rings. The molecule has 0 unspecified atom stereocenters. The van der Waals surface area contributed by atoms with Crippen molar-refractivity contribution in [2.45, 2.75) is 37.8 Å². The second-order valence-corrected chi connectivity index (χ2v) is 4.79. The van der Waals surface area contributed by atoms with Crippen molar-refractivity contribution >= 4 is 17.0 Å². The van der Waals surface area contributed by atoms with Crippen molar-refractivity contribution in [3.63, 3.8) is 0 Å². The molecule has 0 amide bonds. The summed E-state index contributed by atoms with van der Waals surface area (Å²) in [4.78, 5) is 4.39. The number of aliphatic hydroxyl groups excluding tert-OH is 1. The fraction of sp³-hybridized carbons (Fsp3) is 0.462. The predicted molar refractivity (Wildman–Crippen MR) is 67.7 cm³/mol. The molecule has 0 spiro atoms. The molecule has 1 aromatic carbocycles. The van der Waals surface area contributed by atoms with Crippen molar-refractivity contribution in [1.82, 2.24) is 9.55 Å². The quantitative estimate of drug-likeness (QED) is 0.790. The molecule has 1 aromatic heterocycles. The van der Waals surface area contributed by atoms with Crippen LogP contribution in [0.15, 0.2) is 24.3 Å². The first-order chi connectivity index (χ1) is 8.25. The van der Waals surface area contributed by atoms with E-state index in [-0.39, 0.29) is 6.10 Å². The van der Waals surface area contributed by atoms with E-state index in [2.05, 4.69) is 15.6 Å². The van der Waals surface area contributed by atoms with E-state index in [9.17, 15) is 5.11 Å². The number of fused-ring (bicyclic) bond motifs is 1. The Morgan fingerprint density at radius 3 is 2.65 bits per heavy atom. The number of aliphatic hydroxyl groups is 1. The van der Waals surface area contributed by atoms with Crippen LogP contribution in [-0.4, -0.2) is 20.8 Å². The normalized spacial score (nSPS) is 25.2. The first-order valence-electron chi connectivity index (χ1n) is 6.16. The summed E-state index contributed by atoms with van der Waals surface area (Å²) in [5, 5.41) is 9.55. The Hall–Kier alpha value is -1.55. The maximum atomic E-state index is 9.55. The number of hydrogen-bond donors (Lipinski definition) is 2. The third-order valence-corrected chi connectivity index (χ3v) is 3.65. The number of benzene rings is 1. The summed E-state index contributed by atoms with van der Waals surface area (Å²) in [6.45, 7) is 0. The van der Waals surface area contributed by atoms with E-state index in [1.54, 1.807) is 0 Å². The molecule has 0 atom stereocenters. The molecule has 1 aliphatic rings. The van der Waals surface area contributed by atoms with Gasteiger partial charge in [-0.05, 0) is 37.8 Å². The SMILES string of the molecule is Nc1nc2ccccc2n1[C@H]1CC[C@H](O)CC1. The van der Waals surface area contributed by atoms with Gasteiger partial charge >= 0.3 is 0 Å². The molecule has 3 rings (SSSR count). The van der Waals surface area contributed by atoms with Crippen molar-refractivity contribution < 1.29 is 5.11 Å². The van der Waals surface area contributed by atoms with Crippen LogP contribution in [0.25, 0.3) is 11.0 Å². The van der Waals surface area contributed by atoms with Gasteiger partial charge in [-0.3, -0.25) is 0 Å². The van der Waals surface area contributed by atoms with Crippen LogP contribution in [0.3, 0.4) is 0 Å². The topological polar surface area (TPSA) is 64.1 Å². The number of nitrogen functional groups attached to an aromatic ring is 1. The number of nitrogens with zero attached hydrogens (tertiary/aromatic N) is 2. The van der Waals surface area contributed by atoms with Gasteiger partial charge in [0.1, 0.15) is 0 Å². The molecule has 0 bridgehead atoms. The second-order valence-electron chi connectivity index (χ2n) is 4.79. The highest BCUT2D eigenvalue weighted by molar-refractivity contribution is 5.78. The number of imidazole rings is 1. The van der Waals surface area contributed by atoms with Gasteiger partial charge in [0, 0.05) is 6.04 Å². The maximum absolute atomic E-state index is 9.55. The third-order valence-electron chi connectivity index (χ3n) is 3.65. The number of para-hydroxylation sites is 2. The van der Waals surface area contributed by atoms with Gasteiger partial charge in [-0.25, -0.2) is 4.98 Å². The zero-order chi connectivity index (χ0) is 11.8. The van der Waals surface area contributed by atoms with Crippen LogP contribution in [-0.2, 0) is 0 Å². The summed E-state index contributed by atoms with van der Waals surface area (Å²) in [6, 6.07) is 8.41. The molecule has 0 radical (unpaired) electrons. The minimum Gasteiger partial charge on any atom is -0.393 e. The summed E-state index contributed by atoms with van der Waals surface area (Å²) >= 11 is 0. The summed E-state index contributed by atoms with van der Waals surface area (Å²) in [5.41, 5.74) is 8.07. The van der Waals surface area contributed by atoms with Crippen LogP contribution in [0.5, 0.6) is 0 Å². The fourth-order valence-corrected chi connectivity index (χ4v) is 2.76. The Bertz CT molecular complexity index is 526. The number of anilines is 1. The summed E-state index contributed by atoms with van der Waals surface area (Å²) in [7, 11) is 0. The van der Waals surface area contributed by atoms with Crippen molar-refractivity contribution in [2.75, 3.05) is 5.73 Å². The molecule has 2 aromatic rings. The van der Waals surface area contributed by atoms with Gasteiger partial charge in [0.05, 0.1) is 17.1 Å². The average molecular weight is 231 g/mol. The van der Waals surface area contributed by atoms with Crippen LogP contribution in [0.2, 0.25) is 0 Å². The molecule has 0 aliphatic heterocycles. The molecule has 1 heterocycles. The lowest BCUT2D eigenvalue weighted by Crippen LogP contribution is -2.21. The monoisotopic (exact) mass is 231 g/mol. The molecule has 4 heteroatoms. The maximum Gasteiger partial charge on any atom is 0.201 e. The minimum atomic E-state index is -0.137. The Labute approximate surface area is 100 Å². The molecular formula is C13H17N3O. The van der Waals surface area contributed by atoms with Gasteiger partial charge in [0.2, 0.25) is 5.95 Å². The third kappa shape index (κ3) is 1.78. The molecule has 1 saturated carbocycles. The lowest BCUT2D eigenvalue weighted by Gasteiger charge is -2.27. The zero-order valence-corrected chi connectivity index (χ0v) is 9.71. The van der Waals surface area contributed by atoms with Gasteiger partial charge in [-0.15, -0.1) is 0 Å². The lowest BCUT2D eigenvalue weighted by atomic mass is 9.93. The molecule has 1 aliphatic carbocycles. The Balaban J connectivity index is 2.02. The number of nitrogens with two attached hydrogens (primary N) is 1. The Kier molecular flexibility index (Phi) is 2.52. The summed E-state index contributed by atoms with van der Waals surface area (Å²) < 4.78 is 2.13. The first kappa shape index (κ1) is 10.6. The van der Waals surface area contributed by atoms with Crippen molar-refractivity contribution in [3.8, 4) is 0 Å². The molecule has 4 nitrogen and oxygen atoms in total. The fourth-order valence-electron chi connectivity index (χ4n) is 2.76. The molecular weight excluding hydrogens is 214 g/mol. The number of rotatable bonds is 1. The highest BCUT2D eigenvalue weighted by Gasteiger charge is 2.23. The van der Waals surface area contributed by atoms with Crippen LogP contribution in [0.4, 0.5) is 5.95 Å². The Morgan fingerprint density at radius 2 is 1.88 bits per heavy atom. The molecule has 17 heavy (non-hydrogen) atoms. The second kappa shape index (κ2) is 4.04. The highest BCUT2D eigenvalue weighted by atomic mass is 16.3. The summed E-state index contributed by atoms with van der Waals surface area (Å²) in [6.07, 6.45) is 3.53. The average Bonchev–Trinajstić information content (AvgIpc) is 2.66. The standard InChI is InChI=1S/C13H17N3O/c14-13-15-11-3-1-2-4-12(11)16(13)9-5-7-10(17)8-6-9/h1-4,9-10,17H,5-8H2,(H2,14,15)/t9-,10-. The van der Waals surface area contributed by atoms with Crippen molar-refractivity contribution in [3.05, 3.63) is 24.3 Å². The number of hydrogen-bond acceptors (Lipinski definition) is 3. The lowest BCUT2D eigenvalue weighted by molar-refractivity contribution is 0.112. The van der Waals surface area contributed by atoms with Gasteiger partial charge in [0.25, 0.3) is 0 Å². The van der Waals surface area contributed by atoms with E-state index >= 15 is 0 Å². The van der Waals surface area contributed by atoms with E-state index < -0.39 is 0 Å². The van der Waals surface area contributed by atoms with E-state index in [0.29, 0.717) is 12.0 Å². The smallest absolute Gasteiger partial charge is 0.201 e. The van der Waals surface area contributed by atoms with E-state index in [1.807, 2.05) is 18.2 Å². The highest BCUT2D eigenvalue weighted by Crippen LogP contribution is 2.33. The molecule has 90 valence electrons. The van der Waals surface area contributed by atoms with Gasteiger partial charge in [-0.2, -0.15) is 0 Å². The van der Waals surface area contributed by atoms with Crippen molar-refractivity contribution in [1.29, 1.82) is 0 Å². The number of aromatic nitrogens is 2. The van der Waals surface area contributed by atoms with Gasteiger partial charge in [0.15, 0.2) is 0 Å². The van der Waals surface area contributed by atoms with Gasteiger partial charge < -0.3 is 15.4 Å². The minimum absolute atomic E-state index is 0.137. The summed E-state index contributed by atoms with van der Waals surface area (Å²) in [5.74, 6) is 0.590. The van der Waals surface area contributed by atoms with Crippen LogP contribution < -0.4 is 5.73 Å². The molecule has 3 N–H and O–H groups in total. The first-order valence-corrected chi connectivity index (χ1v) is 6.16. The molecule has 0 saturated heterocycles. The van der Waals surface area contributed by atoms with Crippen molar-refractivity contribution in [2.24, 2.45) is 0 Å². The van der Waals surface area contributed by atoms with Crippen LogP contribution in [0.1, 0.15) is 31.7 Å². The Morgan fingerprint density at radius 1 is 1.18 bits per heavy atom. The zero-order valence-electron chi connectivity index (χ0n) is 9.71. The largest absolute Gasteiger partial charge is 0.393 e. The van der Waals surface area contributed by atoms with Crippen LogP contribution >= 0.6 is 0 Å². The van der Waals surface area contributed by atoms with Gasteiger partial charge in [-0.1, -0.05) is 12.1 Å². The predicted octanol–water partition coefficient (Wildman–Crippen LogP) is 2.09. The van der Waals surface area contributed by atoms with E-state index in [0.717, 1.165) is 36.7 Å². The van der Waals surface area contributed by atoms with E-state index in [4.69, 9.17) is 5.73 Å². The van der Waals surface area contributed by atoms with Crippen LogP contribution in [0, 0.1) is 0 Å².